The van der Waals surface area contributed by atoms with Gasteiger partial charge in [0, 0.05) is 25.3 Å². The van der Waals surface area contributed by atoms with Gasteiger partial charge in [-0.05, 0) is 39.6 Å². The van der Waals surface area contributed by atoms with Gasteiger partial charge < -0.3 is 15.5 Å². The van der Waals surface area contributed by atoms with E-state index in [1.54, 1.807) is 0 Å². The Labute approximate surface area is 121 Å². The van der Waals surface area contributed by atoms with Gasteiger partial charge in [-0.15, -0.1) is 0 Å². The Hall–Kier alpha value is -1.20. The van der Waals surface area contributed by atoms with E-state index in [0.717, 1.165) is 43.1 Å². The maximum Gasteiger partial charge on any atom is 0.139 e. The van der Waals surface area contributed by atoms with E-state index in [2.05, 4.69) is 35.8 Å². The van der Waals surface area contributed by atoms with Gasteiger partial charge in [0.05, 0.1) is 5.56 Å². The van der Waals surface area contributed by atoms with E-state index in [1.807, 2.05) is 19.1 Å². The number of thiocarbonyl (C=S) groups is 1. The van der Waals surface area contributed by atoms with Crippen LogP contribution in [0.1, 0.15) is 24.6 Å². The summed E-state index contributed by atoms with van der Waals surface area (Å²) in [5.74, 6) is 0.913. The molecule has 0 fully saturated rings. The van der Waals surface area contributed by atoms with Gasteiger partial charge in [0.1, 0.15) is 10.8 Å². The van der Waals surface area contributed by atoms with Crippen molar-refractivity contribution in [1.29, 1.82) is 0 Å². The molecule has 4 nitrogen and oxygen atoms in total. The number of rotatable bonds is 7. The van der Waals surface area contributed by atoms with Crippen LogP contribution < -0.4 is 10.6 Å². The minimum Gasteiger partial charge on any atom is -0.389 e. The van der Waals surface area contributed by atoms with Crippen LogP contribution in [0.5, 0.6) is 0 Å². The average Bonchev–Trinajstić information content (AvgIpc) is 2.33. The highest BCUT2D eigenvalue weighted by molar-refractivity contribution is 7.80. The van der Waals surface area contributed by atoms with Gasteiger partial charge in [-0.25, -0.2) is 4.98 Å². The smallest absolute Gasteiger partial charge is 0.139 e. The van der Waals surface area contributed by atoms with E-state index >= 15 is 0 Å². The topological polar surface area (TPSA) is 45.4 Å². The van der Waals surface area contributed by atoms with E-state index in [9.17, 15) is 0 Å². The Morgan fingerprint density at radius 2 is 1.95 bits per heavy atom. The van der Waals surface area contributed by atoms with Crippen LogP contribution in [-0.2, 0) is 0 Å². The van der Waals surface area contributed by atoms with Gasteiger partial charge in [-0.1, -0.05) is 19.1 Å². The number of nitrogens with zero attached hydrogens (tertiary/aromatic N) is 3. The zero-order valence-electron chi connectivity index (χ0n) is 12.3. The Balaban J connectivity index is 3.05. The molecule has 1 aromatic rings. The zero-order valence-corrected chi connectivity index (χ0v) is 13.1. The predicted molar refractivity (Wildman–Crippen MR) is 85.9 cm³/mol. The van der Waals surface area contributed by atoms with Crippen LogP contribution in [0.3, 0.4) is 0 Å². The molecule has 1 rings (SSSR count). The summed E-state index contributed by atoms with van der Waals surface area (Å²) in [6, 6.07) is 3.92. The van der Waals surface area contributed by atoms with Gasteiger partial charge in [0.2, 0.25) is 0 Å². The predicted octanol–water partition coefficient (Wildman–Crippen LogP) is 1.80. The molecular formula is C14H24N4S. The molecule has 0 aliphatic heterocycles. The van der Waals surface area contributed by atoms with E-state index in [0.29, 0.717) is 4.99 Å². The fourth-order valence-electron chi connectivity index (χ4n) is 1.89. The number of aryl methyl sites for hydroxylation is 1. The van der Waals surface area contributed by atoms with Crippen LogP contribution in [0, 0.1) is 6.92 Å². The fourth-order valence-corrected chi connectivity index (χ4v) is 2.05. The largest absolute Gasteiger partial charge is 0.389 e. The van der Waals surface area contributed by atoms with Crippen LogP contribution in [-0.4, -0.2) is 48.6 Å². The molecule has 0 spiro atoms. The van der Waals surface area contributed by atoms with Gasteiger partial charge >= 0.3 is 0 Å². The van der Waals surface area contributed by atoms with Crippen molar-refractivity contribution in [3.63, 3.8) is 0 Å². The van der Waals surface area contributed by atoms with Crippen LogP contribution >= 0.6 is 12.2 Å². The molecule has 0 amide bonds. The molecule has 0 aromatic carbocycles. The number of hydrogen-bond acceptors (Lipinski definition) is 4. The normalized spacial score (nSPS) is 10.8. The molecular weight excluding hydrogens is 256 g/mol. The Kier molecular flexibility index (Phi) is 6.18. The first-order valence-corrected chi connectivity index (χ1v) is 7.03. The molecule has 0 saturated heterocycles. The lowest BCUT2D eigenvalue weighted by atomic mass is 10.2. The first-order valence-electron chi connectivity index (χ1n) is 6.62. The minimum atomic E-state index is 0.411. The third kappa shape index (κ3) is 4.76. The number of anilines is 1. The Morgan fingerprint density at radius 1 is 1.26 bits per heavy atom. The standard InChI is InChI=1S/C14H24N4S/c1-5-8-18(10-9-17(3)4)14-12(13(15)19)7-6-11(2)16-14/h6-7H,5,8-10H2,1-4H3,(H2,15,19). The minimum absolute atomic E-state index is 0.411. The first-order chi connectivity index (χ1) is 8.95. The molecule has 1 aromatic heterocycles. The summed E-state index contributed by atoms with van der Waals surface area (Å²) in [7, 11) is 4.14. The second-order valence-electron chi connectivity index (χ2n) is 4.98. The Morgan fingerprint density at radius 3 is 2.47 bits per heavy atom. The molecule has 19 heavy (non-hydrogen) atoms. The maximum atomic E-state index is 5.81. The third-order valence-corrected chi connectivity index (χ3v) is 3.11. The van der Waals surface area contributed by atoms with Crippen LogP contribution in [0.25, 0.3) is 0 Å². The molecule has 2 N–H and O–H groups in total. The third-order valence-electron chi connectivity index (χ3n) is 2.89. The molecule has 0 unspecified atom stereocenters. The fraction of sp³-hybridized carbons (Fsp3) is 0.571. The summed E-state index contributed by atoms with van der Waals surface area (Å²) in [6.45, 7) is 7.01. The van der Waals surface area contributed by atoms with E-state index in [-0.39, 0.29) is 0 Å². The molecule has 5 heteroatoms. The quantitative estimate of drug-likeness (QED) is 0.772. The van der Waals surface area contributed by atoms with Crippen LogP contribution in [0.4, 0.5) is 5.82 Å². The average molecular weight is 280 g/mol. The van der Waals surface area contributed by atoms with E-state index in [4.69, 9.17) is 18.0 Å². The van der Waals surface area contributed by atoms with Crippen molar-refractivity contribution in [3.8, 4) is 0 Å². The van der Waals surface area contributed by atoms with Gasteiger partial charge in [-0.2, -0.15) is 0 Å². The van der Waals surface area contributed by atoms with Crippen molar-refractivity contribution < 1.29 is 0 Å². The monoisotopic (exact) mass is 280 g/mol. The van der Waals surface area contributed by atoms with Crippen molar-refractivity contribution in [2.75, 3.05) is 38.6 Å². The molecule has 0 aliphatic carbocycles. The zero-order chi connectivity index (χ0) is 14.4. The number of hydrogen-bond donors (Lipinski definition) is 1. The van der Waals surface area contributed by atoms with Crippen molar-refractivity contribution in [2.45, 2.75) is 20.3 Å². The van der Waals surface area contributed by atoms with Gasteiger partial charge in [0.15, 0.2) is 0 Å². The van der Waals surface area contributed by atoms with E-state index in [1.165, 1.54) is 0 Å². The van der Waals surface area contributed by atoms with Crippen molar-refractivity contribution in [1.82, 2.24) is 9.88 Å². The summed E-state index contributed by atoms with van der Waals surface area (Å²) in [4.78, 5) is 9.47. The summed E-state index contributed by atoms with van der Waals surface area (Å²) in [5, 5.41) is 0. The van der Waals surface area contributed by atoms with Crippen molar-refractivity contribution in [3.05, 3.63) is 23.4 Å². The highest BCUT2D eigenvalue weighted by Crippen LogP contribution is 2.19. The number of likely N-dealkylation sites (N-methyl/N-ethyl adjacent to an activating group) is 1. The number of nitrogens with two attached hydrogens (primary N) is 1. The van der Waals surface area contributed by atoms with Crippen molar-refractivity contribution >= 4 is 23.0 Å². The lowest BCUT2D eigenvalue weighted by molar-refractivity contribution is 0.412. The highest BCUT2D eigenvalue weighted by Gasteiger charge is 2.14. The number of pyridine rings is 1. The Bertz CT molecular complexity index is 431. The van der Waals surface area contributed by atoms with Gasteiger partial charge in [-0.3, -0.25) is 0 Å². The number of aromatic nitrogens is 1. The van der Waals surface area contributed by atoms with E-state index < -0.39 is 0 Å². The van der Waals surface area contributed by atoms with Crippen LogP contribution in [0.2, 0.25) is 0 Å². The molecule has 0 aliphatic rings. The summed E-state index contributed by atoms with van der Waals surface area (Å²) < 4.78 is 0. The SMILES string of the molecule is CCCN(CCN(C)C)c1nc(C)ccc1C(N)=S. The second-order valence-corrected chi connectivity index (χ2v) is 5.42. The van der Waals surface area contributed by atoms with Crippen molar-refractivity contribution in [2.24, 2.45) is 5.73 Å². The van der Waals surface area contributed by atoms with Crippen LogP contribution in [0.15, 0.2) is 12.1 Å². The molecule has 0 atom stereocenters. The second kappa shape index (κ2) is 7.40. The lowest BCUT2D eigenvalue weighted by Crippen LogP contribution is -2.34. The molecule has 1 heterocycles. The molecule has 0 bridgehead atoms. The van der Waals surface area contributed by atoms with Gasteiger partial charge in [0.25, 0.3) is 0 Å². The summed E-state index contributed by atoms with van der Waals surface area (Å²) >= 11 is 5.13. The molecule has 106 valence electrons. The lowest BCUT2D eigenvalue weighted by Gasteiger charge is -2.27. The molecule has 0 radical (unpaired) electrons. The molecule has 0 saturated carbocycles. The summed E-state index contributed by atoms with van der Waals surface area (Å²) in [6.07, 6.45) is 1.07. The highest BCUT2D eigenvalue weighted by atomic mass is 32.1. The first kappa shape index (κ1) is 15.9. The maximum absolute atomic E-state index is 5.81. The summed E-state index contributed by atoms with van der Waals surface area (Å²) in [5.41, 5.74) is 7.66.